The Morgan fingerprint density at radius 1 is 1.50 bits per heavy atom. The molecule has 2 rings (SSSR count). The van der Waals surface area contributed by atoms with Gasteiger partial charge in [-0.1, -0.05) is 6.92 Å². The lowest BCUT2D eigenvalue weighted by Gasteiger charge is -2.28. The summed E-state index contributed by atoms with van der Waals surface area (Å²) in [6.07, 6.45) is 5.58. The van der Waals surface area contributed by atoms with E-state index in [0.29, 0.717) is 5.92 Å². The van der Waals surface area contributed by atoms with E-state index >= 15 is 0 Å². The van der Waals surface area contributed by atoms with E-state index in [1.807, 2.05) is 19.1 Å². The molecule has 1 aromatic heterocycles. The van der Waals surface area contributed by atoms with E-state index < -0.39 is 0 Å². The Morgan fingerprint density at radius 2 is 2.22 bits per heavy atom. The average Bonchev–Trinajstić information content (AvgIpc) is 2.39. The number of hydrogen-bond donors (Lipinski definition) is 2. The lowest BCUT2D eigenvalue weighted by atomic mass is 9.93. The van der Waals surface area contributed by atoms with Crippen LogP contribution in [-0.4, -0.2) is 23.5 Å². The number of carbonyl (C=O) groups excluding carboxylic acids is 1. The molecule has 4 heteroatoms. The maximum Gasteiger partial charge on any atom is 0.237 e. The molecule has 1 aliphatic rings. The minimum absolute atomic E-state index is 0.0273. The molecule has 4 nitrogen and oxygen atoms in total. The molecule has 0 spiro atoms. The first-order valence-electron chi connectivity index (χ1n) is 6.60. The maximum atomic E-state index is 12.1. The number of piperidine rings is 1. The monoisotopic (exact) mass is 247 g/mol. The van der Waals surface area contributed by atoms with Gasteiger partial charge < -0.3 is 10.6 Å². The number of nitrogens with zero attached hydrogens (tertiary/aromatic N) is 1. The summed E-state index contributed by atoms with van der Waals surface area (Å²) in [5.41, 5.74) is 1.09. The van der Waals surface area contributed by atoms with Crippen LogP contribution in [0.2, 0.25) is 0 Å². The van der Waals surface area contributed by atoms with Crippen LogP contribution in [0.1, 0.15) is 38.3 Å². The van der Waals surface area contributed by atoms with Crippen molar-refractivity contribution in [3.63, 3.8) is 0 Å². The summed E-state index contributed by atoms with van der Waals surface area (Å²) in [5, 5.41) is 6.34. The lowest BCUT2D eigenvalue weighted by molar-refractivity contribution is -0.124. The Balaban J connectivity index is 1.91. The molecule has 98 valence electrons. The fourth-order valence-corrected chi connectivity index (χ4v) is 2.36. The molecule has 1 saturated heterocycles. The van der Waals surface area contributed by atoms with Gasteiger partial charge in [-0.05, 0) is 49.9 Å². The Labute approximate surface area is 108 Å². The van der Waals surface area contributed by atoms with Crippen molar-refractivity contribution in [2.75, 3.05) is 6.54 Å². The fourth-order valence-electron chi connectivity index (χ4n) is 2.36. The summed E-state index contributed by atoms with van der Waals surface area (Å²) in [6, 6.07) is 3.85. The highest BCUT2D eigenvalue weighted by Gasteiger charge is 2.25. The molecule has 2 heterocycles. The van der Waals surface area contributed by atoms with Gasteiger partial charge in [-0.3, -0.25) is 9.78 Å². The molecule has 0 saturated carbocycles. The number of amides is 1. The van der Waals surface area contributed by atoms with Crippen molar-refractivity contribution in [1.29, 1.82) is 0 Å². The largest absolute Gasteiger partial charge is 0.348 e. The summed E-state index contributed by atoms with van der Waals surface area (Å²) >= 11 is 0. The third-order valence-electron chi connectivity index (χ3n) is 3.55. The van der Waals surface area contributed by atoms with Crippen molar-refractivity contribution in [1.82, 2.24) is 15.6 Å². The van der Waals surface area contributed by atoms with E-state index in [9.17, 15) is 4.79 Å². The van der Waals surface area contributed by atoms with E-state index in [0.717, 1.165) is 24.9 Å². The number of carbonyl (C=O) groups is 1. The van der Waals surface area contributed by atoms with Crippen LogP contribution in [0.15, 0.2) is 24.5 Å². The molecule has 1 amide bonds. The average molecular weight is 247 g/mol. The summed E-state index contributed by atoms with van der Waals surface area (Å²) < 4.78 is 0. The first-order valence-corrected chi connectivity index (χ1v) is 6.60. The van der Waals surface area contributed by atoms with Crippen LogP contribution >= 0.6 is 0 Å². The van der Waals surface area contributed by atoms with Gasteiger partial charge in [0.2, 0.25) is 5.91 Å². The van der Waals surface area contributed by atoms with Gasteiger partial charge in [0.1, 0.15) is 0 Å². The second-order valence-electron chi connectivity index (χ2n) is 5.15. The van der Waals surface area contributed by atoms with E-state index in [4.69, 9.17) is 0 Å². The van der Waals surface area contributed by atoms with Gasteiger partial charge in [0, 0.05) is 12.4 Å². The molecule has 2 N–H and O–H groups in total. The maximum absolute atomic E-state index is 12.1. The highest BCUT2D eigenvalue weighted by atomic mass is 16.2. The van der Waals surface area contributed by atoms with Crippen LogP contribution in [0.5, 0.6) is 0 Å². The van der Waals surface area contributed by atoms with Crippen LogP contribution < -0.4 is 10.6 Å². The third-order valence-corrected chi connectivity index (χ3v) is 3.55. The highest BCUT2D eigenvalue weighted by molar-refractivity contribution is 5.82. The minimum atomic E-state index is -0.0435. The first-order chi connectivity index (χ1) is 8.66. The molecule has 1 aliphatic heterocycles. The Kier molecular flexibility index (Phi) is 4.31. The smallest absolute Gasteiger partial charge is 0.237 e. The molecule has 18 heavy (non-hydrogen) atoms. The van der Waals surface area contributed by atoms with E-state index in [2.05, 4.69) is 22.5 Å². The minimum Gasteiger partial charge on any atom is -0.348 e. The Bertz CT molecular complexity index is 393. The molecule has 0 bridgehead atoms. The molecule has 3 atom stereocenters. The zero-order valence-electron chi connectivity index (χ0n) is 11.0. The van der Waals surface area contributed by atoms with Gasteiger partial charge in [0.15, 0.2) is 0 Å². The number of aromatic nitrogens is 1. The molecule has 1 aromatic rings. The first kappa shape index (κ1) is 13.0. The predicted molar refractivity (Wildman–Crippen MR) is 71.0 cm³/mol. The van der Waals surface area contributed by atoms with Gasteiger partial charge in [-0.25, -0.2) is 0 Å². The number of rotatable bonds is 3. The van der Waals surface area contributed by atoms with E-state index in [1.165, 1.54) is 0 Å². The van der Waals surface area contributed by atoms with Crippen LogP contribution in [-0.2, 0) is 4.79 Å². The Morgan fingerprint density at radius 3 is 2.89 bits per heavy atom. The fraction of sp³-hybridized carbons (Fsp3) is 0.571. The zero-order chi connectivity index (χ0) is 13.0. The third kappa shape index (κ3) is 3.29. The molecular weight excluding hydrogens is 226 g/mol. The second kappa shape index (κ2) is 5.96. The van der Waals surface area contributed by atoms with Crippen LogP contribution in [0.25, 0.3) is 0 Å². The van der Waals surface area contributed by atoms with Gasteiger partial charge in [0.05, 0.1) is 12.1 Å². The van der Waals surface area contributed by atoms with E-state index in [-0.39, 0.29) is 18.0 Å². The standard InChI is InChI=1S/C14H21N3O/c1-10-3-8-16-13(9-10)14(18)17-11(2)12-4-6-15-7-5-12/h4-7,10-11,13,16H,3,8-9H2,1-2H3,(H,17,18)/t10?,11-,13?/m1/s1. The summed E-state index contributed by atoms with van der Waals surface area (Å²) in [4.78, 5) is 16.1. The number of hydrogen-bond acceptors (Lipinski definition) is 3. The zero-order valence-corrected chi connectivity index (χ0v) is 11.0. The van der Waals surface area contributed by atoms with Gasteiger partial charge in [0.25, 0.3) is 0 Å². The molecular formula is C14H21N3O. The highest BCUT2D eigenvalue weighted by Crippen LogP contribution is 2.16. The van der Waals surface area contributed by atoms with E-state index in [1.54, 1.807) is 12.4 Å². The lowest BCUT2D eigenvalue weighted by Crippen LogP contribution is -2.48. The van der Waals surface area contributed by atoms with Gasteiger partial charge in [-0.2, -0.15) is 0 Å². The van der Waals surface area contributed by atoms with Crippen molar-refractivity contribution in [2.24, 2.45) is 5.92 Å². The normalized spacial score (nSPS) is 25.4. The second-order valence-corrected chi connectivity index (χ2v) is 5.15. The Hall–Kier alpha value is -1.42. The van der Waals surface area contributed by atoms with Crippen molar-refractivity contribution in [2.45, 2.75) is 38.8 Å². The predicted octanol–water partition coefficient (Wildman–Crippen LogP) is 1.65. The van der Waals surface area contributed by atoms with Crippen molar-refractivity contribution in [3.8, 4) is 0 Å². The SMILES string of the molecule is CC1CCNC(C(=O)N[C@H](C)c2ccncc2)C1. The summed E-state index contributed by atoms with van der Waals surface area (Å²) in [5.74, 6) is 0.726. The molecule has 2 unspecified atom stereocenters. The molecule has 0 radical (unpaired) electrons. The van der Waals surface area contributed by atoms with Crippen molar-refractivity contribution in [3.05, 3.63) is 30.1 Å². The van der Waals surface area contributed by atoms with Crippen LogP contribution in [0.3, 0.4) is 0 Å². The van der Waals surface area contributed by atoms with Gasteiger partial charge in [-0.15, -0.1) is 0 Å². The van der Waals surface area contributed by atoms with Crippen LogP contribution in [0.4, 0.5) is 0 Å². The van der Waals surface area contributed by atoms with Crippen molar-refractivity contribution < 1.29 is 4.79 Å². The summed E-state index contributed by atoms with van der Waals surface area (Å²) in [6.45, 7) is 5.13. The van der Waals surface area contributed by atoms with Crippen molar-refractivity contribution >= 4 is 5.91 Å². The topological polar surface area (TPSA) is 54.0 Å². The van der Waals surface area contributed by atoms with Gasteiger partial charge >= 0.3 is 0 Å². The molecule has 0 aromatic carbocycles. The number of nitrogens with one attached hydrogen (secondary N) is 2. The van der Waals surface area contributed by atoms with Crippen LogP contribution in [0, 0.1) is 5.92 Å². The number of pyridine rings is 1. The molecule has 1 fully saturated rings. The quantitative estimate of drug-likeness (QED) is 0.854. The molecule has 0 aliphatic carbocycles. The summed E-state index contributed by atoms with van der Waals surface area (Å²) in [7, 11) is 0.